The fraction of sp³-hybridized carbons (Fsp3) is 0.462. The van der Waals surface area contributed by atoms with Crippen LogP contribution in [0.5, 0.6) is 0 Å². The van der Waals surface area contributed by atoms with Gasteiger partial charge in [0.2, 0.25) is 5.91 Å². The number of amides is 2. The molecule has 1 aromatic rings. The number of carbonyl (C=O) groups is 3. The van der Waals surface area contributed by atoms with Gasteiger partial charge in [-0.05, 0) is 24.3 Å². The first-order valence-corrected chi connectivity index (χ1v) is 7.29. The molecule has 1 aromatic heterocycles. The summed E-state index contributed by atoms with van der Waals surface area (Å²) in [5.74, 6) is -1.43. The third-order valence-corrected chi connectivity index (χ3v) is 3.85. The van der Waals surface area contributed by atoms with Crippen LogP contribution in [0.4, 0.5) is 0 Å². The molecule has 20 heavy (non-hydrogen) atoms. The largest absolute Gasteiger partial charge is 0.480 e. The SMILES string of the molecule is O=C(O)CN(C(=O)CCNC(=O)c1cccs1)C1CC1. The van der Waals surface area contributed by atoms with Gasteiger partial charge in [-0.1, -0.05) is 6.07 Å². The van der Waals surface area contributed by atoms with Crippen LogP contribution >= 0.6 is 11.3 Å². The normalized spacial score (nSPS) is 13.8. The Bertz CT molecular complexity index is 496. The number of aliphatic carboxylic acids is 1. The maximum atomic E-state index is 11.9. The first-order chi connectivity index (χ1) is 9.58. The van der Waals surface area contributed by atoms with E-state index >= 15 is 0 Å². The Morgan fingerprint density at radius 1 is 1.40 bits per heavy atom. The number of carbonyl (C=O) groups excluding carboxylic acids is 2. The van der Waals surface area contributed by atoms with E-state index in [4.69, 9.17) is 5.11 Å². The Morgan fingerprint density at radius 2 is 2.15 bits per heavy atom. The zero-order valence-corrected chi connectivity index (χ0v) is 11.7. The molecule has 2 N–H and O–H groups in total. The van der Waals surface area contributed by atoms with Crippen molar-refractivity contribution in [1.29, 1.82) is 0 Å². The van der Waals surface area contributed by atoms with Gasteiger partial charge in [-0.2, -0.15) is 0 Å². The average molecular weight is 296 g/mol. The number of nitrogens with zero attached hydrogens (tertiary/aromatic N) is 1. The molecule has 1 fully saturated rings. The summed E-state index contributed by atoms with van der Waals surface area (Å²) in [6.07, 6.45) is 1.85. The summed E-state index contributed by atoms with van der Waals surface area (Å²) in [5, 5.41) is 13.3. The molecule has 1 heterocycles. The van der Waals surface area contributed by atoms with E-state index in [0.29, 0.717) is 4.88 Å². The maximum Gasteiger partial charge on any atom is 0.323 e. The molecule has 1 aliphatic carbocycles. The van der Waals surface area contributed by atoms with E-state index in [1.165, 1.54) is 16.2 Å². The second-order valence-corrected chi connectivity index (χ2v) is 5.58. The smallest absolute Gasteiger partial charge is 0.323 e. The van der Waals surface area contributed by atoms with E-state index in [1.807, 2.05) is 5.38 Å². The van der Waals surface area contributed by atoms with Crippen LogP contribution in [0.3, 0.4) is 0 Å². The Kier molecular flexibility index (Phi) is 4.73. The number of carboxylic acid groups (broad SMARTS) is 1. The van der Waals surface area contributed by atoms with E-state index in [1.54, 1.807) is 12.1 Å². The summed E-state index contributed by atoms with van der Waals surface area (Å²) in [5.41, 5.74) is 0. The third kappa shape index (κ3) is 4.06. The van der Waals surface area contributed by atoms with Crippen molar-refractivity contribution < 1.29 is 19.5 Å². The van der Waals surface area contributed by atoms with Crippen LogP contribution in [0.1, 0.15) is 28.9 Å². The van der Waals surface area contributed by atoms with Crippen LogP contribution in [0, 0.1) is 0 Å². The van der Waals surface area contributed by atoms with Gasteiger partial charge in [-0.15, -0.1) is 11.3 Å². The van der Waals surface area contributed by atoms with Crippen molar-refractivity contribution in [3.05, 3.63) is 22.4 Å². The second kappa shape index (κ2) is 6.51. The first-order valence-electron chi connectivity index (χ1n) is 6.41. The molecule has 6 nitrogen and oxygen atoms in total. The number of nitrogens with one attached hydrogen (secondary N) is 1. The molecule has 0 radical (unpaired) electrons. The summed E-state index contributed by atoms with van der Waals surface area (Å²) < 4.78 is 0. The van der Waals surface area contributed by atoms with Gasteiger partial charge in [-0.3, -0.25) is 14.4 Å². The van der Waals surface area contributed by atoms with E-state index in [0.717, 1.165) is 12.8 Å². The number of carboxylic acids is 1. The van der Waals surface area contributed by atoms with Gasteiger partial charge in [0, 0.05) is 19.0 Å². The summed E-state index contributed by atoms with van der Waals surface area (Å²) >= 11 is 1.33. The maximum absolute atomic E-state index is 11.9. The lowest BCUT2D eigenvalue weighted by Crippen LogP contribution is -2.39. The Morgan fingerprint density at radius 3 is 2.70 bits per heavy atom. The molecule has 2 rings (SSSR count). The third-order valence-electron chi connectivity index (χ3n) is 2.98. The summed E-state index contributed by atoms with van der Waals surface area (Å²) in [4.78, 5) is 36.3. The highest BCUT2D eigenvalue weighted by molar-refractivity contribution is 7.12. The van der Waals surface area contributed by atoms with Gasteiger partial charge >= 0.3 is 5.97 Å². The highest BCUT2D eigenvalue weighted by Gasteiger charge is 2.33. The summed E-state index contributed by atoms with van der Waals surface area (Å²) in [7, 11) is 0. The minimum atomic E-state index is -1.01. The molecule has 0 saturated heterocycles. The predicted octanol–water partition coefficient (Wildman–Crippen LogP) is 0.944. The molecular weight excluding hydrogens is 280 g/mol. The van der Waals surface area contributed by atoms with Crippen LogP contribution in [0.15, 0.2) is 17.5 Å². The summed E-state index contributed by atoms with van der Waals surface area (Å²) in [6, 6.07) is 3.56. The zero-order valence-electron chi connectivity index (χ0n) is 10.9. The molecule has 0 aromatic carbocycles. The molecule has 1 saturated carbocycles. The minimum absolute atomic E-state index is 0.0617. The highest BCUT2D eigenvalue weighted by Crippen LogP contribution is 2.27. The van der Waals surface area contributed by atoms with Crippen molar-refractivity contribution in [3.8, 4) is 0 Å². The Balaban J connectivity index is 1.76. The fourth-order valence-corrected chi connectivity index (χ4v) is 2.51. The fourth-order valence-electron chi connectivity index (χ4n) is 1.87. The topological polar surface area (TPSA) is 86.7 Å². The standard InChI is InChI=1S/C13H16N2O4S/c16-11(15(8-12(17)18)9-3-4-9)5-6-14-13(19)10-2-1-7-20-10/h1-2,7,9H,3-6,8H2,(H,14,19)(H,17,18). The van der Waals surface area contributed by atoms with Crippen molar-refractivity contribution in [2.75, 3.05) is 13.1 Å². The highest BCUT2D eigenvalue weighted by atomic mass is 32.1. The van der Waals surface area contributed by atoms with Crippen molar-refractivity contribution in [2.45, 2.75) is 25.3 Å². The van der Waals surface area contributed by atoms with Crippen molar-refractivity contribution in [1.82, 2.24) is 10.2 Å². The monoisotopic (exact) mass is 296 g/mol. The van der Waals surface area contributed by atoms with Crippen LogP contribution in [0.2, 0.25) is 0 Å². The molecule has 1 aliphatic rings. The van der Waals surface area contributed by atoms with Crippen LogP contribution in [0.25, 0.3) is 0 Å². The van der Waals surface area contributed by atoms with Crippen molar-refractivity contribution in [2.24, 2.45) is 0 Å². The molecule has 0 spiro atoms. The number of thiophene rings is 1. The van der Waals surface area contributed by atoms with Crippen molar-refractivity contribution in [3.63, 3.8) is 0 Å². The molecular formula is C13H16N2O4S. The zero-order chi connectivity index (χ0) is 14.5. The van der Waals surface area contributed by atoms with Crippen molar-refractivity contribution >= 4 is 29.1 Å². The van der Waals surface area contributed by atoms with Gasteiger partial charge in [0.15, 0.2) is 0 Å². The molecule has 0 atom stereocenters. The van der Waals surface area contributed by atoms with E-state index in [9.17, 15) is 14.4 Å². The van der Waals surface area contributed by atoms with Gasteiger partial charge in [0.25, 0.3) is 5.91 Å². The molecule has 108 valence electrons. The van der Waals surface area contributed by atoms with Crippen LogP contribution in [-0.2, 0) is 9.59 Å². The minimum Gasteiger partial charge on any atom is -0.480 e. The van der Waals surface area contributed by atoms with E-state index < -0.39 is 5.97 Å². The van der Waals surface area contributed by atoms with E-state index in [-0.39, 0.29) is 37.4 Å². The van der Waals surface area contributed by atoms with Gasteiger partial charge in [-0.25, -0.2) is 0 Å². The lowest BCUT2D eigenvalue weighted by atomic mass is 10.3. The molecule has 7 heteroatoms. The predicted molar refractivity (Wildman–Crippen MR) is 73.6 cm³/mol. The Hall–Kier alpha value is -1.89. The van der Waals surface area contributed by atoms with Crippen LogP contribution in [-0.4, -0.2) is 46.9 Å². The Labute approximate surface area is 120 Å². The van der Waals surface area contributed by atoms with Crippen LogP contribution < -0.4 is 5.32 Å². The second-order valence-electron chi connectivity index (χ2n) is 4.63. The van der Waals surface area contributed by atoms with Gasteiger partial charge in [0.1, 0.15) is 6.54 Å². The number of hydrogen-bond donors (Lipinski definition) is 2. The lowest BCUT2D eigenvalue weighted by molar-refractivity contribution is -0.144. The molecule has 0 aliphatic heterocycles. The number of rotatable bonds is 7. The van der Waals surface area contributed by atoms with Gasteiger partial charge in [0.05, 0.1) is 4.88 Å². The van der Waals surface area contributed by atoms with Gasteiger partial charge < -0.3 is 15.3 Å². The lowest BCUT2D eigenvalue weighted by Gasteiger charge is -2.20. The first kappa shape index (κ1) is 14.5. The van der Waals surface area contributed by atoms with E-state index in [2.05, 4.69) is 5.32 Å². The quantitative estimate of drug-likeness (QED) is 0.784. The molecule has 0 bridgehead atoms. The molecule has 2 amide bonds. The summed E-state index contributed by atoms with van der Waals surface area (Å²) in [6.45, 7) is -0.0409. The average Bonchev–Trinajstić information content (AvgIpc) is 3.08. The number of hydrogen-bond acceptors (Lipinski definition) is 4. The molecule has 0 unspecified atom stereocenters.